The minimum absolute atomic E-state index is 0. The number of piperidine rings is 1. The van der Waals surface area contributed by atoms with Crippen molar-refractivity contribution in [3.05, 3.63) is 0 Å². The highest BCUT2D eigenvalue weighted by Gasteiger charge is 2.46. The van der Waals surface area contributed by atoms with Gasteiger partial charge in [0.05, 0.1) is 0 Å². The van der Waals surface area contributed by atoms with Crippen LogP contribution in [0.25, 0.3) is 0 Å². The van der Waals surface area contributed by atoms with Crippen LogP contribution in [0.1, 0.15) is 33.6 Å². The van der Waals surface area contributed by atoms with Crippen molar-refractivity contribution in [1.29, 1.82) is 5.26 Å². The fourth-order valence-electron chi connectivity index (χ4n) is 2.15. The minimum atomic E-state index is -0.932. The molecular weight excluding hydrogens is 240 g/mol. The number of carbonyl (C=O) groups is 1. The molecule has 0 saturated carbocycles. The summed E-state index contributed by atoms with van der Waals surface area (Å²) in [4.78, 5) is 13.6. The van der Waals surface area contributed by atoms with Crippen molar-refractivity contribution < 1.29 is 9.53 Å². The fourth-order valence-corrected chi connectivity index (χ4v) is 2.15. The Balaban J connectivity index is 0.00000256. The molecule has 1 rings (SSSR count). The van der Waals surface area contributed by atoms with E-state index in [0.29, 0.717) is 12.8 Å². The lowest BCUT2D eigenvalue weighted by atomic mass is 9.80. The van der Waals surface area contributed by atoms with Gasteiger partial charge in [-0.05, 0) is 14.0 Å². The van der Waals surface area contributed by atoms with Crippen LogP contribution in [0.15, 0.2) is 0 Å². The summed E-state index contributed by atoms with van der Waals surface area (Å²) in [7, 11) is 2.03. The third kappa shape index (κ3) is 3.34. The van der Waals surface area contributed by atoms with Gasteiger partial charge in [-0.3, -0.25) is 4.79 Å². The van der Waals surface area contributed by atoms with Gasteiger partial charge in [-0.15, -0.1) is 12.4 Å². The molecule has 0 N–H and O–H groups in total. The minimum Gasteiger partial charge on any atom is -0.443 e. The molecule has 3 atom stereocenters. The summed E-state index contributed by atoms with van der Waals surface area (Å²) in [5.41, 5.74) is -0.932. The van der Waals surface area contributed by atoms with E-state index in [1.54, 1.807) is 6.92 Å². The number of ether oxygens (including phenoxy) is 1. The molecule has 3 unspecified atom stereocenters. The van der Waals surface area contributed by atoms with Crippen molar-refractivity contribution in [2.75, 3.05) is 13.6 Å². The monoisotopic (exact) mass is 260 g/mol. The van der Waals surface area contributed by atoms with Gasteiger partial charge in [0.15, 0.2) is 0 Å². The molecular formula is C12H21ClN2O2. The van der Waals surface area contributed by atoms with Crippen LogP contribution in [-0.4, -0.2) is 36.1 Å². The Morgan fingerprint density at radius 1 is 1.59 bits per heavy atom. The highest BCUT2D eigenvalue weighted by atomic mass is 35.5. The number of nitriles is 1. The number of esters is 1. The molecule has 4 nitrogen and oxygen atoms in total. The van der Waals surface area contributed by atoms with Gasteiger partial charge >= 0.3 is 5.97 Å². The zero-order chi connectivity index (χ0) is 12.3. The molecule has 0 aromatic rings. The van der Waals surface area contributed by atoms with Crippen molar-refractivity contribution in [3.63, 3.8) is 0 Å². The van der Waals surface area contributed by atoms with Crippen LogP contribution >= 0.6 is 12.4 Å². The van der Waals surface area contributed by atoms with E-state index in [4.69, 9.17) is 4.74 Å². The molecule has 5 heteroatoms. The van der Waals surface area contributed by atoms with E-state index in [0.717, 1.165) is 6.54 Å². The van der Waals surface area contributed by atoms with Gasteiger partial charge in [0.1, 0.15) is 6.07 Å². The third-order valence-corrected chi connectivity index (χ3v) is 3.48. The Bertz CT molecular complexity index is 316. The van der Waals surface area contributed by atoms with E-state index in [-0.39, 0.29) is 30.3 Å². The lowest BCUT2D eigenvalue weighted by Crippen LogP contribution is -2.54. The normalized spacial score (nSPS) is 33.4. The highest BCUT2D eigenvalue weighted by Crippen LogP contribution is 2.34. The van der Waals surface area contributed by atoms with Crippen LogP contribution in [0.4, 0.5) is 0 Å². The summed E-state index contributed by atoms with van der Waals surface area (Å²) >= 11 is 0. The van der Waals surface area contributed by atoms with Crippen molar-refractivity contribution in [2.45, 2.75) is 45.3 Å². The molecule has 1 aliphatic rings. The molecule has 17 heavy (non-hydrogen) atoms. The molecule has 1 aliphatic heterocycles. The second kappa shape index (κ2) is 6.23. The molecule has 0 spiro atoms. The van der Waals surface area contributed by atoms with Gasteiger partial charge in [-0.25, -0.2) is 0 Å². The average Bonchev–Trinajstić information content (AvgIpc) is 2.25. The van der Waals surface area contributed by atoms with Crippen LogP contribution in [0.5, 0.6) is 0 Å². The van der Waals surface area contributed by atoms with Gasteiger partial charge in [0.2, 0.25) is 5.60 Å². The van der Waals surface area contributed by atoms with E-state index in [1.165, 1.54) is 0 Å². The van der Waals surface area contributed by atoms with Crippen LogP contribution in [0.3, 0.4) is 0 Å². The SMILES string of the molecule is CCC(=O)OC1(C#N)CC(C)N(C)CC1C.Cl. The maximum Gasteiger partial charge on any atom is 0.307 e. The first kappa shape index (κ1) is 16.2. The largest absolute Gasteiger partial charge is 0.443 e. The molecule has 0 bridgehead atoms. The summed E-state index contributed by atoms with van der Waals surface area (Å²) in [5, 5.41) is 9.31. The van der Waals surface area contributed by atoms with Gasteiger partial charge in [0, 0.05) is 31.3 Å². The van der Waals surface area contributed by atoms with Gasteiger partial charge in [-0.2, -0.15) is 5.26 Å². The van der Waals surface area contributed by atoms with E-state index < -0.39 is 5.60 Å². The summed E-state index contributed by atoms with van der Waals surface area (Å²) in [6.07, 6.45) is 0.910. The van der Waals surface area contributed by atoms with E-state index in [2.05, 4.69) is 17.9 Å². The number of nitrogens with zero attached hydrogens (tertiary/aromatic N) is 2. The first-order valence-electron chi connectivity index (χ1n) is 5.78. The summed E-state index contributed by atoms with van der Waals surface area (Å²) in [6, 6.07) is 2.48. The summed E-state index contributed by atoms with van der Waals surface area (Å²) in [6.45, 7) is 6.55. The number of carbonyl (C=O) groups excluding carboxylic acids is 1. The summed E-state index contributed by atoms with van der Waals surface area (Å²) < 4.78 is 5.38. The number of halogens is 1. The Labute approximate surface area is 109 Å². The lowest BCUT2D eigenvalue weighted by molar-refractivity contribution is -0.164. The zero-order valence-electron chi connectivity index (χ0n) is 10.9. The zero-order valence-corrected chi connectivity index (χ0v) is 11.7. The maximum absolute atomic E-state index is 11.4. The van der Waals surface area contributed by atoms with Crippen LogP contribution in [0, 0.1) is 17.2 Å². The Morgan fingerprint density at radius 3 is 2.65 bits per heavy atom. The predicted molar refractivity (Wildman–Crippen MR) is 67.8 cm³/mol. The third-order valence-electron chi connectivity index (χ3n) is 3.48. The molecule has 0 aromatic heterocycles. The second-order valence-corrected chi connectivity index (χ2v) is 4.72. The number of likely N-dealkylation sites (tertiary alicyclic amines) is 1. The molecule has 1 heterocycles. The molecule has 0 radical (unpaired) electrons. The summed E-state index contributed by atoms with van der Waals surface area (Å²) in [5.74, 6) is -0.237. The van der Waals surface area contributed by atoms with E-state index >= 15 is 0 Å². The smallest absolute Gasteiger partial charge is 0.307 e. The lowest BCUT2D eigenvalue weighted by Gasteiger charge is -2.43. The number of hydrogen-bond acceptors (Lipinski definition) is 4. The fraction of sp³-hybridized carbons (Fsp3) is 0.833. The van der Waals surface area contributed by atoms with Gasteiger partial charge in [0.25, 0.3) is 0 Å². The Hall–Kier alpha value is -0.790. The van der Waals surface area contributed by atoms with E-state index in [9.17, 15) is 10.1 Å². The van der Waals surface area contributed by atoms with Crippen molar-refractivity contribution in [3.8, 4) is 6.07 Å². The molecule has 1 saturated heterocycles. The number of rotatable bonds is 2. The van der Waals surface area contributed by atoms with Crippen LogP contribution in [0.2, 0.25) is 0 Å². The Morgan fingerprint density at radius 2 is 2.18 bits per heavy atom. The van der Waals surface area contributed by atoms with Crippen LogP contribution in [-0.2, 0) is 9.53 Å². The van der Waals surface area contributed by atoms with Crippen molar-refractivity contribution in [1.82, 2.24) is 4.90 Å². The molecule has 98 valence electrons. The second-order valence-electron chi connectivity index (χ2n) is 4.72. The van der Waals surface area contributed by atoms with Crippen molar-refractivity contribution >= 4 is 18.4 Å². The predicted octanol–water partition coefficient (Wildman–Crippen LogP) is 1.98. The van der Waals surface area contributed by atoms with Crippen LogP contribution < -0.4 is 0 Å². The first-order valence-corrected chi connectivity index (χ1v) is 5.78. The standard InChI is InChI=1S/C12H20N2O2.ClH/c1-5-11(15)16-12(8-13)6-10(3)14(4)7-9(12)2;/h9-10H,5-7H2,1-4H3;1H. The van der Waals surface area contributed by atoms with Crippen molar-refractivity contribution in [2.24, 2.45) is 5.92 Å². The molecule has 1 fully saturated rings. The van der Waals surface area contributed by atoms with Gasteiger partial charge in [-0.1, -0.05) is 13.8 Å². The van der Waals surface area contributed by atoms with E-state index in [1.807, 2.05) is 14.0 Å². The highest BCUT2D eigenvalue weighted by molar-refractivity contribution is 5.85. The average molecular weight is 261 g/mol. The topological polar surface area (TPSA) is 53.3 Å². The first-order chi connectivity index (χ1) is 7.45. The van der Waals surface area contributed by atoms with Gasteiger partial charge < -0.3 is 9.64 Å². The number of hydrogen-bond donors (Lipinski definition) is 0. The Kier molecular flexibility index (Phi) is 5.94. The molecule has 0 amide bonds. The molecule has 0 aromatic carbocycles. The maximum atomic E-state index is 11.4. The quantitative estimate of drug-likeness (QED) is 0.713. The molecule has 0 aliphatic carbocycles.